The Kier molecular flexibility index (Phi) is 19.5. The maximum atomic E-state index is 12.7. The van der Waals surface area contributed by atoms with Crippen LogP contribution in [-0.4, -0.2) is 91.3 Å². The van der Waals surface area contributed by atoms with E-state index in [1.807, 2.05) is 20.8 Å². The Hall–Kier alpha value is -4.86. The molecule has 3 rings (SSSR count). The molecule has 0 aliphatic carbocycles. The number of aromatic nitrogens is 3. The average Bonchev–Trinajstić information content (AvgIpc) is 3.03. The number of esters is 2. The quantitative estimate of drug-likeness (QED) is 0.0487. The summed E-state index contributed by atoms with van der Waals surface area (Å²) >= 11 is 11.5. The van der Waals surface area contributed by atoms with Gasteiger partial charge in [-0.25, -0.2) is 9.59 Å². The van der Waals surface area contributed by atoms with E-state index in [0.29, 0.717) is 18.0 Å². The molecule has 0 spiro atoms. The van der Waals surface area contributed by atoms with Crippen molar-refractivity contribution in [2.75, 3.05) is 43.2 Å². The molecular weight excluding hydrogens is 797 g/mol. The van der Waals surface area contributed by atoms with Crippen LogP contribution in [0.15, 0.2) is 36.4 Å². The largest absolute Gasteiger partial charge is 0.480 e. The molecule has 0 saturated carbocycles. The number of nitrogens with zero attached hydrogens (tertiary/aromatic N) is 4. The summed E-state index contributed by atoms with van der Waals surface area (Å²) < 4.78 is 62.8. The molecule has 6 N–H and O–H groups in total. The predicted molar refractivity (Wildman–Crippen MR) is 187 cm³/mol. The lowest BCUT2D eigenvalue weighted by atomic mass is 10.1. The number of carbonyl (C=O) groups excluding carboxylic acids is 2. The molecule has 0 radical (unpaired) electrons. The number of aliphatic carboxylic acids is 1. The number of hydrogen-bond donors (Lipinski definition) is 6. The molecule has 1 heterocycles. The Bertz CT molecular complexity index is 1800. The van der Waals surface area contributed by atoms with Crippen molar-refractivity contribution >= 4 is 66.3 Å². The zero-order valence-electron chi connectivity index (χ0n) is 28.7. The second kappa shape index (κ2) is 22.4. The second-order valence-electron chi connectivity index (χ2n) is 10.3. The first-order chi connectivity index (χ1) is 25.1. The number of nitro groups is 1. The van der Waals surface area contributed by atoms with E-state index in [0.717, 1.165) is 36.9 Å². The van der Waals surface area contributed by atoms with Gasteiger partial charge < -0.3 is 39.7 Å². The lowest BCUT2D eigenvalue weighted by Gasteiger charge is -2.12. The topological polar surface area (TPSA) is 275 Å². The predicted octanol–water partition coefficient (Wildman–Crippen LogP) is 5.35. The van der Waals surface area contributed by atoms with E-state index in [-0.39, 0.29) is 34.5 Å². The van der Waals surface area contributed by atoms with Crippen molar-refractivity contribution in [3.8, 4) is 11.5 Å². The number of rotatable bonds is 15. The number of benzene rings is 2. The average molecular weight is 833 g/mol. The Balaban J connectivity index is 0.000000498. The van der Waals surface area contributed by atoms with Gasteiger partial charge in [0.2, 0.25) is 17.2 Å². The number of carbonyl (C=O) groups is 3. The Morgan fingerprint density at radius 3 is 2.19 bits per heavy atom. The van der Waals surface area contributed by atoms with Crippen molar-refractivity contribution in [3.63, 3.8) is 0 Å². The van der Waals surface area contributed by atoms with Gasteiger partial charge in [0.05, 0.1) is 34.9 Å². The summed E-state index contributed by atoms with van der Waals surface area (Å²) in [5, 5.41) is 27.1. The van der Waals surface area contributed by atoms with Crippen LogP contribution in [0.1, 0.15) is 43.6 Å². The van der Waals surface area contributed by atoms with Gasteiger partial charge in [-0.3, -0.25) is 24.8 Å². The molecule has 19 nitrogen and oxygen atoms in total. The second-order valence-corrected chi connectivity index (χ2v) is 12.7. The molecule has 54 heavy (non-hydrogen) atoms. The summed E-state index contributed by atoms with van der Waals surface area (Å²) in [5.41, 5.74) is -2.16. The molecule has 0 amide bonds. The molecule has 0 saturated heterocycles. The fraction of sp³-hybridized carbons (Fsp3) is 0.379. The molecular formula is C29H35Cl2F3N7O12P. The smallest absolute Gasteiger partial charge is 0.416 e. The summed E-state index contributed by atoms with van der Waals surface area (Å²) in [5.74, 6) is -2.51. The SMILES string of the molecule is CCNc1nc(Cl)nc(NC(C)C)n1.CCOC(=O)COC(=O)c1cc(Oc2ccc(C(F)(F)F)cc2Cl)ccc1[N+](=O)[O-].O=C(O)CNCP(=O)(O)O. The summed E-state index contributed by atoms with van der Waals surface area (Å²) in [7, 11) is -4.10. The van der Waals surface area contributed by atoms with Crippen LogP contribution in [0.2, 0.25) is 10.3 Å². The van der Waals surface area contributed by atoms with Crippen LogP contribution in [0.25, 0.3) is 0 Å². The summed E-state index contributed by atoms with van der Waals surface area (Å²) in [6, 6.07) is 5.62. The number of ether oxygens (including phenoxy) is 3. The molecule has 3 aromatic rings. The van der Waals surface area contributed by atoms with Crippen LogP contribution in [-0.2, 0) is 29.8 Å². The highest BCUT2D eigenvalue weighted by atomic mass is 35.5. The molecule has 25 heteroatoms. The first kappa shape index (κ1) is 47.2. The fourth-order valence-electron chi connectivity index (χ4n) is 3.41. The van der Waals surface area contributed by atoms with E-state index in [9.17, 15) is 42.2 Å². The zero-order chi connectivity index (χ0) is 41.2. The molecule has 0 fully saturated rings. The lowest BCUT2D eigenvalue weighted by Crippen LogP contribution is -2.23. The highest BCUT2D eigenvalue weighted by Crippen LogP contribution is 2.37. The van der Waals surface area contributed by atoms with Gasteiger partial charge in [0.25, 0.3) is 5.69 Å². The van der Waals surface area contributed by atoms with E-state index < -0.39 is 72.9 Å². The Morgan fingerprint density at radius 1 is 1.02 bits per heavy atom. The molecule has 298 valence electrons. The number of carboxylic acid groups (broad SMARTS) is 1. The van der Waals surface area contributed by atoms with Gasteiger partial charge in [0.15, 0.2) is 6.61 Å². The van der Waals surface area contributed by atoms with Crippen LogP contribution in [0, 0.1) is 10.1 Å². The number of hydrogen-bond acceptors (Lipinski definition) is 15. The number of anilines is 2. The molecule has 1 aromatic heterocycles. The first-order valence-corrected chi connectivity index (χ1v) is 17.7. The van der Waals surface area contributed by atoms with Gasteiger partial charge in [0.1, 0.15) is 17.1 Å². The highest BCUT2D eigenvalue weighted by molar-refractivity contribution is 7.51. The number of nitro benzene ring substituents is 1. The third kappa shape index (κ3) is 18.8. The molecule has 0 atom stereocenters. The van der Waals surface area contributed by atoms with E-state index in [4.69, 9.17) is 47.6 Å². The number of halogens is 5. The van der Waals surface area contributed by atoms with Crippen molar-refractivity contribution in [2.24, 2.45) is 0 Å². The van der Waals surface area contributed by atoms with Crippen molar-refractivity contribution in [2.45, 2.75) is 39.9 Å². The molecule has 0 unspecified atom stereocenters. The lowest BCUT2D eigenvalue weighted by molar-refractivity contribution is -0.385. The highest BCUT2D eigenvalue weighted by Gasteiger charge is 2.31. The van der Waals surface area contributed by atoms with Gasteiger partial charge in [-0.2, -0.15) is 28.1 Å². The summed E-state index contributed by atoms with van der Waals surface area (Å²) in [6.07, 6.45) is -5.20. The van der Waals surface area contributed by atoms with Crippen molar-refractivity contribution < 1.29 is 66.1 Å². The molecule has 0 aliphatic heterocycles. The van der Waals surface area contributed by atoms with Crippen LogP contribution in [0.5, 0.6) is 11.5 Å². The van der Waals surface area contributed by atoms with Gasteiger partial charge in [-0.05, 0) is 63.6 Å². The summed E-state index contributed by atoms with van der Waals surface area (Å²) in [4.78, 5) is 71.9. The monoisotopic (exact) mass is 831 g/mol. The van der Waals surface area contributed by atoms with Crippen LogP contribution < -0.4 is 20.7 Å². The van der Waals surface area contributed by atoms with Gasteiger partial charge >= 0.3 is 31.7 Å². The van der Waals surface area contributed by atoms with Gasteiger partial charge in [-0.15, -0.1) is 0 Å². The summed E-state index contributed by atoms with van der Waals surface area (Å²) in [6.45, 7) is 7.11. The minimum atomic E-state index is -4.61. The van der Waals surface area contributed by atoms with Crippen molar-refractivity contribution in [1.29, 1.82) is 0 Å². The Morgan fingerprint density at radius 2 is 1.67 bits per heavy atom. The third-order valence-corrected chi connectivity index (χ3v) is 6.55. The number of nitrogens with one attached hydrogen (secondary N) is 3. The molecule has 0 aliphatic rings. The van der Waals surface area contributed by atoms with E-state index in [1.54, 1.807) is 0 Å². The van der Waals surface area contributed by atoms with Crippen LogP contribution in [0.4, 0.5) is 30.8 Å². The van der Waals surface area contributed by atoms with E-state index in [1.165, 1.54) is 6.92 Å². The first-order valence-electron chi connectivity index (χ1n) is 15.1. The van der Waals surface area contributed by atoms with Crippen LogP contribution >= 0.6 is 30.8 Å². The molecule has 2 aromatic carbocycles. The number of carboxylic acids is 1. The van der Waals surface area contributed by atoms with Crippen molar-refractivity contribution in [1.82, 2.24) is 20.3 Å². The third-order valence-electron chi connectivity index (χ3n) is 5.45. The van der Waals surface area contributed by atoms with E-state index >= 15 is 0 Å². The minimum absolute atomic E-state index is 0.0493. The van der Waals surface area contributed by atoms with E-state index in [2.05, 4.69) is 35.6 Å². The zero-order valence-corrected chi connectivity index (χ0v) is 31.1. The van der Waals surface area contributed by atoms with Crippen LogP contribution in [0.3, 0.4) is 0 Å². The molecule has 0 bridgehead atoms. The standard InChI is InChI=1S/C18H13ClF3NO7.C8H14ClN5.C3H8NO5P/c1-2-28-16(24)9-29-17(25)12-8-11(4-5-14(12)23(26)27)30-15-6-3-10(7-13(15)19)18(20,21)22;1-4-10-7-12-6(9)13-8(14-7)11-5(2)3;5-3(6)1-4-2-10(7,8)9/h3-8H,2,9H2,1H3;5H,4H2,1-3H3,(H2,10,11,12,13,14);4H,1-2H2,(H,5,6)(H2,7,8,9). The number of alkyl halides is 3. The minimum Gasteiger partial charge on any atom is -0.480 e. The fourth-order valence-corrected chi connectivity index (χ4v) is 4.19. The van der Waals surface area contributed by atoms with Gasteiger partial charge in [-0.1, -0.05) is 11.6 Å². The Labute approximate surface area is 314 Å². The van der Waals surface area contributed by atoms with Gasteiger partial charge in [0, 0.05) is 24.7 Å². The van der Waals surface area contributed by atoms with Crippen molar-refractivity contribution in [3.05, 3.63) is 67.9 Å². The maximum Gasteiger partial charge on any atom is 0.416 e. The normalized spacial score (nSPS) is 10.9. The maximum absolute atomic E-state index is 12.7.